The molecule has 0 fully saturated rings. The van der Waals surface area contributed by atoms with Crippen LogP contribution in [0.1, 0.15) is 36.5 Å². The first-order valence-corrected chi connectivity index (χ1v) is 7.74. The van der Waals surface area contributed by atoms with Gasteiger partial charge in [-0.3, -0.25) is 9.48 Å². The van der Waals surface area contributed by atoms with Crippen LogP contribution >= 0.6 is 0 Å². The zero-order chi connectivity index (χ0) is 16.6. The van der Waals surface area contributed by atoms with E-state index in [4.69, 9.17) is 4.42 Å². The van der Waals surface area contributed by atoms with Gasteiger partial charge in [0, 0.05) is 30.3 Å². The fourth-order valence-electron chi connectivity index (χ4n) is 2.85. The Kier molecular flexibility index (Phi) is 3.94. The van der Waals surface area contributed by atoms with Gasteiger partial charge in [-0.25, -0.2) is 0 Å². The average molecular weight is 311 g/mol. The van der Waals surface area contributed by atoms with Crippen LogP contribution in [0, 0.1) is 6.92 Å². The maximum atomic E-state index is 12.2. The van der Waals surface area contributed by atoms with Crippen LogP contribution in [0.25, 0.3) is 11.0 Å². The topological polar surface area (TPSA) is 60.1 Å². The van der Waals surface area contributed by atoms with E-state index in [1.54, 1.807) is 23.2 Å². The van der Waals surface area contributed by atoms with Crippen molar-refractivity contribution < 1.29 is 9.21 Å². The number of furan rings is 1. The lowest BCUT2D eigenvalue weighted by Gasteiger charge is -2.10. The summed E-state index contributed by atoms with van der Waals surface area (Å²) in [6.07, 6.45) is 3.73. The zero-order valence-electron chi connectivity index (χ0n) is 13.9. The van der Waals surface area contributed by atoms with Crippen LogP contribution < -0.4 is 5.32 Å². The summed E-state index contributed by atoms with van der Waals surface area (Å²) in [6, 6.07) is 5.96. The molecule has 5 heteroatoms. The van der Waals surface area contributed by atoms with Crippen molar-refractivity contribution in [2.75, 3.05) is 5.32 Å². The second-order valence-electron chi connectivity index (χ2n) is 6.22. The molecule has 0 atom stereocenters. The van der Waals surface area contributed by atoms with Crippen LogP contribution in [0.2, 0.25) is 0 Å². The van der Waals surface area contributed by atoms with Gasteiger partial charge in [-0.2, -0.15) is 5.10 Å². The van der Waals surface area contributed by atoms with E-state index >= 15 is 0 Å². The Morgan fingerprint density at radius 2 is 2.17 bits per heavy atom. The molecule has 2 heterocycles. The fourth-order valence-corrected chi connectivity index (χ4v) is 2.85. The number of nitrogens with one attached hydrogen (secondary N) is 1. The maximum absolute atomic E-state index is 12.2. The number of carbonyl (C=O) groups is 1. The molecule has 3 rings (SSSR count). The smallest absolute Gasteiger partial charge is 0.230 e. The van der Waals surface area contributed by atoms with E-state index in [2.05, 4.69) is 37.3 Å². The van der Waals surface area contributed by atoms with Crippen molar-refractivity contribution in [2.45, 2.75) is 33.1 Å². The molecule has 0 radical (unpaired) electrons. The van der Waals surface area contributed by atoms with Gasteiger partial charge in [0.1, 0.15) is 5.58 Å². The van der Waals surface area contributed by atoms with E-state index in [9.17, 15) is 4.79 Å². The minimum atomic E-state index is -0.0990. The Hall–Kier alpha value is -2.56. The number of aryl methyl sites for hydroxylation is 2. The SMILES string of the molecule is Cc1cc2occ(CC(=O)Nc3ccn(C)n3)c2cc1C(C)C. The third kappa shape index (κ3) is 3.13. The van der Waals surface area contributed by atoms with Gasteiger partial charge in [-0.05, 0) is 36.1 Å². The summed E-state index contributed by atoms with van der Waals surface area (Å²) in [5, 5.41) is 7.96. The van der Waals surface area contributed by atoms with Gasteiger partial charge in [0.25, 0.3) is 0 Å². The number of hydrogen-bond donors (Lipinski definition) is 1. The van der Waals surface area contributed by atoms with Gasteiger partial charge >= 0.3 is 0 Å². The Morgan fingerprint density at radius 1 is 1.39 bits per heavy atom. The average Bonchev–Trinajstić information content (AvgIpc) is 3.04. The standard InChI is InChI=1S/C18H21N3O2/c1-11(2)14-9-15-13(10-23-16(15)7-12(14)3)8-18(22)19-17-5-6-21(4)20-17/h5-7,9-11H,8H2,1-4H3,(H,19,20,22). The summed E-state index contributed by atoms with van der Waals surface area (Å²) in [6.45, 7) is 6.42. The molecule has 120 valence electrons. The molecule has 0 saturated heterocycles. The molecule has 1 amide bonds. The van der Waals surface area contributed by atoms with Crippen molar-refractivity contribution in [2.24, 2.45) is 7.05 Å². The number of rotatable bonds is 4. The van der Waals surface area contributed by atoms with Crippen LogP contribution in [0.5, 0.6) is 0 Å². The quantitative estimate of drug-likeness (QED) is 0.797. The van der Waals surface area contributed by atoms with Gasteiger partial charge in [-0.1, -0.05) is 13.8 Å². The van der Waals surface area contributed by atoms with Gasteiger partial charge in [0.2, 0.25) is 5.91 Å². The van der Waals surface area contributed by atoms with Crippen LogP contribution in [0.15, 0.2) is 35.1 Å². The summed E-state index contributed by atoms with van der Waals surface area (Å²) >= 11 is 0. The molecule has 0 saturated carbocycles. The first-order valence-electron chi connectivity index (χ1n) is 7.74. The van der Waals surface area contributed by atoms with Gasteiger partial charge < -0.3 is 9.73 Å². The lowest BCUT2D eigenvalue weighted by Crippen LogP contribution is -2.14. The first-order chi connectivity index (χ1) is 10.9. The number of aromatic nitrogens is 2. The van der Waals surface area contributed by atoms with Crippen LogP contribution in [0.3, 0.4) is 0 Å². The molecule has 1 N–H and O–H groups in total. The van der Waals surface area contributed by atoms with Crippen molar-refractivity contribution in [3.05, 3.63) is 47.3 Å². The van der Waals surface area contributed by atoms with Crippen LogP contribution in [-0.2, 0) is 18.3 Å². The molecule has 5 nitrogen and oxygen atoms in total. The van der Waals surface area contributed by atoms with Crippen molar-refractivity contribution in [3.8, 4) is 0 Å². The van der Waals surface area contributed by atoms with E-state index in [1.807, 2.05) is 13.1 Å². The third-order valence-corrected chi connectivity index (χ3v) is 4.00. The van der Waals surface area contributed by atoms with Gasteiger partial charge in [0.15, 0.2) is 5.82 Å². The molecule has 23 heavy (non-hydrogen) atoms. The Morgan fingerprint density at radius 3 is 2.83 bits per heavy atom. The third-order valence-electron chi connectivity index (χ3n) is 4.00. The number of amides is 1. The molecule has 0 spiro atoms. The Balaban J connectivity index is 1.85. The highest BCUT2D eigenvalue weighted by molar-refractivity contribution is 5.95. The number of hydrogen-bond acceptors (Lipinski definition) is 3. The minimum Gasteiger partial charge on any atom is -0.464 e. The van der Waals surface area contributed by atoms with Crippen molar-refractivity contribution in [3.63, 3.8) is 0 Å². The highest BCUT2D eigenvalue weighted by Gasteiger charge is 2.14. The fraction of sp³-hybridized carbons (Fsp3) is 0.333. The van der Waals surface area contributed by atoms with E-state index in [0.29, 0.717) is 11.7 Å². The minimum absolute atomic E-state index is 0.0990. The largest absolute Gasteiger partial charge is 0.464 e. The Labute approximate surface area is 135 Å². The lowest BCUT2D eigenvalue weighted by molar-refractivity contribution is -0.115. The normalized spacial score (nSPS) is 11.3. The molecule has 1 aromatic carbocycles. The van der Waals surface area contributed by atoms with Crippen molar-refractivity contribution >= 4 is 22.7 Å². The van der Waals surface area contributed by atoms with E-state index in [1.165, 1.54) is 11.1 Å². The molecule has 0 unspecified atom stereocenters. The number of anilines is 1. The number of fused-ring (bicyclic) bond motifs is 1. The van der Waals surface area contributed by atoms with Crippen molar-refractivity contribution in [1.82, 2.24) is 9.78 Å². The monoisotopic (exact) mass is 311 g/mol. The molecule has 2 aromatic heterocycles. The second-order valence-corrected chi connectivity index (χ2v) is 6.22. The zero-order valence-corrected chi connectivity index (χ0v) is 13.9. The summed E-state index contributed by atoms with van der Waals surface area (Å²) in [5.41, 5.74) is 4.22. The molecule has 0 aliphatic rings. The predicted octanol–water partition coefficient (Wildman–Crippen LogP) is 3.78. The maximum Gasteiger partial charge on any atom is 0.230 e. The lowest BCUT2D eigenvalue weighted by atomic mass is 9.95. The van der Waals surface area contributed by atoms with E-state index < -0.39 is 0 Å². The number of carbonyl (C=O) groups excluding carboxylic acids is 1. The van der Waals surface area contributed by atoms with Gasteiger partial charge in [0.05, 0.1) is 12.7 Å². The summed E-state index contributed by atoms with van der Waals surface area (Å²) in [4.78, 5) is 12.2. The van der Waals surface area contributed by atoms with Crippen LogP contribution in [0.4, 0.5) is 5.82 Å². The van der Waals surface area contributed by atoms with E-state index in [-0.39, 0.29) is 12.3 Å². The predicted molar refractivity (Wildman–Crippen MR) is 90.6 cm³/mol. The van der Waals surface area contributed by atoms with Gasteiger partial charge in [-0.15, -0.1) is 0 Å². The summed E-state index contributed by atoms with van der Waals surface area (Å²) in [5.74, 6) is 0.895. The second kappa shape index (κ2) is 5.91. The number of benzene rings is 1. The van der Waals surface area contributed by atoms with E-state index in [0.717, 1.165) is 16.5 Å². The molecule has 3 aromatic rings. The first kappa shape index (κ1) is 15.3. The summed E-state index contributed by atoms with van der Waals surface area (Å²) < 4.78 is 7.27. The highest BCUT2D eigenvalue weighted by atomic mass is 16.3. The molecular formula is C18H21N3O2. The molecule has 0 aliphatic heterocycles. The Bertz CT molecular complexity index is 858. The molecule has 0 aliphatic carbocycles. The molecular weight excluding hydrogens is 290 g/mol. The van der Waals surface area contributed by atoms with Crippen molar-refractivity contribution in [1.29, 1.82) is 0 Å². The molecule has 0 bridgehead atoms. The number of nitrogens with zero attached hydrogens (tertiary/aromatic N) is 2. The highest BCUT2D eigenvalue weighted by Crippen LogP contribution is 2.29. The van der Waals surface area contributed by atoms with Crippen LogP contribution in [-0.4, -0.2) is 15.7 Å². The summed E-state index contributed by atoms with van der Waals surface area (Å²) in [7, 11) is 1.81.